The highest BCUT2D eigenvalue weighted by Crippen LogP contribution is 2.33. The third-order valence-electron chi connectivity index (χ3n) is 4.92. The van der Waals surface area contributed by atoms with Gasteiger partial charge in [-0.1, -0.05) is 55.5 Å². The summed E-state index contributed by atoms with van der Waals surface area (Å²) in [6.45, 7) is 2.55. The molecule has 1 fully saturated rings. The fraction of sp³-hybridized carbons (Fsp3) is 0.200. The van der Waals surface area contributed by atoms with E-state index in [4.69, 9.17) is 4.74 Å². The lowest BCUT2D eigenvalue weighted by molar-refractivity contribution is 0.415. The van der Waals surface area contributed by atoms with Gasteiger partial charge in [-0.2, -0.15) is 0 Å². The normalized spacial score (nSPS) is 15.0. The number of aryl methyl sites for hydroxylation is 1. The molecule has 1 atom stereocenters. The SMILES string of the molecule is CCCc1ccc(C#Cc2ccc(-c3ccc(C4CO4)cc3F)cc2)c(F)c1F. The van der Waals surface area contributed by atoms with Gasteiger partial charge in [0.1, 0.15) is 11.9 Å². The van der Waals surface area contributed by atoms with Gasteiger partial charge in [0.15, 0.2) is 11.6 Å². The molecule has 0 aliphatic carbocycles. The molecule has 4 heteroatoms. The Morgan fingerprint density at radius 1 is 0.931 bits per heavy atom. The predicted molar refractivity (Wildman–Crippen MR) is 107 cm³/mol. The van der Waals surface area contributed by atoms with Crippen LogP contribution < -0.4 is 0 Å². The second kappa shape index (κ2) is 8.14. The van der Waals surface area contributed by atoms with Gasteiger partial charge >= 0.3 is 0 Å². The monoisotopic (exact) mass is 392 g/mol. The number of halogens is 3. The van der Waals surface area contributed by atoms with Crippen LogP contribution in [0.3, 0.4) is 0 Å². The van der Waals surface area contributed by atoms with Crippen LogP contribution >= 0.6 is 0 Å². The van der Waals surface area contributed by atoms with Crippen molar-refractivity contribution in [3.8, 4) is 23.0 Å². The van der Waals surface area contributed by atoms with Gasteiger partial charge in [0.25, 0.3) is 0 Å². The summed E-state index contributed by atoms with van der Waals surface area (Å²) in [5, 5.41) is 0. The Morgan fingerprint density at radius 2 is 1.69 bits per heavy atom. The second-order valence-corrected chi connectivity index (χ2v) is 7.04. The first-order valence-electron chi connectivity index (χ1n) is 9.57. The first kappa shape index (κ1) is 19.3. The third kappa shape index (κ3) is 4.21. The van der Waals surface area contributed by atoms with Crippen molar-refractivity contribution in [1.29, 1.82) is 0 Å². The van der Waals surface area contributed by atoms with E-state index in [2.05, 4.69) is 11.8 Å². The predicted octanol–water partition coefficient (Wildman–Crippen LogP) is 6.19. The van der Waals surface area contributed by atoms with Crippen LogP contribution in [0.4, 0.5) is 13.2 Å². The third-order valence-corrected chi connectivity index (χ3v) is 4.92. The van der Waals surface area contributed by atoms with Crippen molar-refractivity contribution in [2.75, 3.05) is 6.61 Å². The summed E-state index contributed by atoms with van der Waals surface area (Å²) in [6, 6.07) is 15.2. The van der Waals surface area contributed by atoms with Gasteiger partial charge in [-0.15, -0.1) is 0 Å². The van der Waals surface area contributed by atoms with Crippen molar-refractivity contribution in [3.63, 3.8) is 0 Å². The first-order valence-corrected chi connectivity index (χ1v) is 9.57. The van der Waals surface area contributed by atoms with E-state index in [1.54, 1.807) is 36.4 Å². The van der Waals surface area contributed by atoms with Crippen LogP contribution in [0.1, 0.15) is 41.7 Å². The van der Waals surface area contributed by atoms with Crippen LogP contribution in [0.15, 0.2) is 54.6 Å². The van der Waals surface area contributed by atoms with E-state index >= 15 is 0 Å². The van der Waals surface area contributed by atoms with Crippen LogP contribution in [-0.2, 0) is 11.2 Å². The minimum atomic E-state index is -0.915. The maximum Gasteiger partial charge on any atom is 0.174 e. The van der Waals surface area contributed by atoms with Crippen LogP contribution in [0.25, 0.3) is 11.1 Å². The van der Waals surface area contributed by atoms with E-state index in [1.807, 2.05) is 13.0 Å². The molecule has 0 radical (unpaired) electrons. The summed E-state index contributed by atoms with van der Waals surface area (Å²) < 4.78 is 47.8. The Morgan fingerprint density at radius 3 is 2.34 bits per heavy atom. The van der Waals surface area contributed by atoms with Gasteiger partial charge in [-0.05, 0) is 47.4 Å². The maximum absolute atomic E-state index is 14.4. The van der Waals surface area contributed by atoms with Gasteiger partial charge in [-0.25, -0.2) is 13.2 Å². The van der Waals surface area contributed by atoms with Crippen LogP contribution in [0, 0.1) is 29.3 Å². The van der Waals surface area contributed by atoms with E-state index in [0.29, 0.717) is 29.7 Å². The van der Waals surface area contributed by atoms with Gasteiger partial charge in [0, 0.05) is 11.1 Å². The number of rotatable bonds is 4. The molecule has 0 bridgehead atoms. The summed E-state index contributed by atoms with van der Waals surface area (Å²) in [4.78, 5) is 0. The molecular formula is C25H19F3O. The molecule has 1 aliphatic heterocycles. The molecule has 0 spiro atoms. The first-order chi connectivity index (χ1) is 14.1. The van der Waals surface area contributed by atoms with Crippen LogP contribution in [0.5, 0.6) is 0 Å². The zero-order valence-corrected chi connectivity index (χ0v) is 15.9. The lowest BCUT2D eigenvalue weighted by atomic mass is 10.0. The highest BCUT2D eigenvalue weighted by atomic mass is 19.2. The minimum absolute atomic E-state index is 0.0115. The summed E-state index contributed by atoms with van der Waals surface area (Å²) in [5.41, 5.74) is 3.07. The number of benzene rings is 3. The smallest absolute Gasteiger partial charge is 0.174 e. The molecule has 1 aliphatic rings. The van der Waals surface area contributed by atoms with Crippen molar-refractivity contribution in [2.24, 2.45) is 0 Å². The summed E-state index contributed by atoms with van der Waals surface area (Å²) in [5.74, 6) is 3.47. The molecule has 29 heavy (non-hydrogen) atoms. The largest absolute Gasteiger partial charge is 0.368 e. The Balaban J connectivity index is 1.55. The van der Waals surface area contributed by atoms with Crippen LogP contribution in [0.2, 0.25) is 0 Å². The molecule has 3 aromatic rings. The molecule has 0 N–H and O–H groups in total. The zero-order chi connectivity index (χ0) is 20.4. The number of ether oxygens (including phenoxy) is 1. The van der Waals surface area contributed by atoms with Gasteiger partial charge in [0.05, 0.1) is 12.2 Å². The van der Waals surface area contributed by atoms with Gasteiger partial charge in [0.2, 0.25) is 0 Å². The summed E-state index contributed by atoms with van der Waals surface area (Å²) >= 11 is 0. The van der Waals surface area contributed by atoms with Crippen molar-refractivity contribution >= 4 is 0 Å². The highest BCUT2D eigenvalue weighted by molar-refractivity contribution is 5.65. The van der Waals surface area contributed by atoms with Crippen LogP contribution in [-0.4, -0.2) is 6.61 Å². The molecule has 0 saturated carbocycles. The molecule has 1 heterocycles. The highest BCUT2D eigenvalue weighted by Gasteiger charge is 2.25. The standard InChI is InChI=1S/C25H19F3O/c1-2-3-18-10-11-19(25(28)24(18)27)9-6-16-4-7-17(8-5-16)21-13-12-20(14-22(21)26)23-15-29-23/h4-5,7-8,10-14,23H,2-3,15H2,1H3. The van der Waals surface area contributed by atoms with Crippen molar-refractivity contribution in [3.05, 3.63) is 94.3 Å². The lowest BCUT2D eigenvalue weighted by Crippen LogP contribution is -1.97. The van der Waals surface area contributed by atoms with Crippen molar-refractivity contribution < 1.29 is 17.9 Å². The fourth-order valence-electron chi connectivity index (χ4n) is 3.23. The molecule has 146 valence electrons. The Bertz CT molecular complexity index is 1100. The van der Waals surface area contributed by atoms with E-state index in [-0.39, 0.29) is 17.5 Å². The number of epoxide rings is 1. The van der Waals surface area contributed by atoms with Gasteiger partial charge < -0.3 is 4.74 Å². The summed E-state index contributed by atoms with van der Waals surface area (Å²) in [6.07, 6.45) is 1.24. The maximum atomic E-state index is 14.4. The zero-order valence-electron chi connectivity index (χ0n) is 15.9. The van der Waals surface area contributed by atoms with E-state index in [1.165, 1.54) is 12.1 Å². The lowest BCUT2D eigenvalue weighted by Gasteiger charge is -2.06. The molecule has 3 aromatic carbocycles. The topological polar surface area (TPSA) is 12.5 Å². The number of hydrogen-bond donors (Lipinski definition) is 0. The van der Waals surface area contributed by atoms with E-state index < -0.39 is 11.6 Å². The Kier molecular flexibility index (Phi) is 5.42. The van der Waals surface area contributed by atoms with Crippen molar-refractivity contribution in [2.45, 2.75) is 25.9 Å². The average Bonchev–Trinajstić information content (AvgIpc) is 3.57. The molecule has 0 aromatic heterocycles. The minimum Gasteiger partial charge on any atom is -0.368 e. The van der Waals surface area contributed by atoms with E-state index in [0.717, 1.165) is 17.5 Å². The second-order valence-electron chi connectivity index (χ2n) is 7.04. The van der Waals surface area contributed by atoms with E-state index in [9.17, 15) is 13.2 Å². The molecule has 1 nitrogen and oxygen atoms in total. The molecule has 1 saturated heterocycles. The number of hydrogen-bond acceptors (Lipinski definition) is 1. The Labute approximate surface area is 168 Å². The Hall–Kier alpha value is -3.03. The molecule has 0 amide bonds. The fourth-order valence-corrected chi connectivity index (χ4v) is 3.23. The molecule has 4 rings (SSSR count). The molecular weight excluding hydrogens is 373 g/mol. The summed E-state index contributed by atoms with van der Waals surface area (Å²) in [7, 11) is 0. The molecule has 1 unspecified atom stereocenters. The quantitative estimate of drug-likeness (QED) is 0.381. The average molecular weight is 392 g/mol. The van der Waals surface area contributed by atoms with Gasteiger partial charge in [-0.3, -0.25) is 0 Å². The van der Waals surface area contributed by atoms with Crippen molar-refractivity contribution in [1.82, 2.24) is 0 Å².